The van der Waals surface area contributed by atoms with E-state index < -0.39 is 0 Å². The van der Waals surface area contributed by atoms with Crippen molar-refractivity contribution in [3.63, 3.8) is 0 Å². The van der Waals surface area contributed by atoms with Crippen LogP contribution in [0, 0.1) is 0 Å². The van der Waals surface area contributed by atoms with Crippen molar-refractivity contribution in [1.29, 1.82) is 0 Å². The van der Waals surface area contributed by atoms with Crippen LogP contribution in [0.4, 0.5) is 5.69 Å². The number of aromatic amines is 1. The van der Waals surface area contributed by atoms with E-state index in [2.05, 4.69) is 74.5 Å². The van der Waals surface area contributed by atoms with Crippen LogP contribution >= 0.6 is 15.9 Å². The van der Waals surface area contributed by atoms with Crippen molar-refractivity contribution in [2.45, 2.75) is 0 Å². The number of nitrogens with zero attached hydrogens (tertiary/aromatic N) is 2. The minimum absolute atomic E-state index is 0.719. The van der Waals surface area contributed by atoms with Crippen molar-refractivity contribution in [2.75, 3.05) is 25.1 Å². The topological polar surface area (TPSA) is 41.1 Å². The highest BCUT2D eigenvalue weighted by molar-refractivity contribution is 9.10. The van der Waals surface area contributed by atoms with Crippen LogP contribution in [-0.2, 0) is 0 Å². The van der Waals surface area contributed by atoms with Crippen LogP contribution in [0.5, 0.6) is 5.75 Å². The molecule has 0 saturated carbocycles. The van der Waals surface area contributed by atoms with Crippen LogP contribution in [0.2, 0.25) is 0 Å². The van der Waals surface area contributed by atoms with E-state index in [9.17, 15) is 0 Å². The Morgan fingerprint density at radius 1 is 1.13 bits per heavy atom. The molecule has 4 rings (SSSR count). The second kappa shape index (κ2) is 5.74. The molecular weight excluding hydrogens is 354 g/mol. The van der Waals surface area contributed by atoms with Crippen LogP contribution in [0.25, 0.3) is 22.5 Å². The third-order valence-electron chi connectivity index (χ3n) is 4.06. The molecule has 23 heavy (non-hydrogen) atoms. The molecule has 0 radical (unpaired) electrons. The minimum atomic E-state index is 0.719. The zero-order chi connectivity index (χ0) is 15.8. The summed E-state index contributed by atoms with van der Waals surface area (Å²) in [6, 6.07) is 16.5. The Morgan fingerprint density at radius 2 is 2.04 bits per heavy atom. The van der Waals surface area contributed by atoms with Gasteiger partial charge in [-0.25, -0.2) is 0 Å². The Kier molecular flexibility index (Phi) is 3.58. The molecule has 1 aliphatic heterocycles. The molecular formula is C18H16BrN3O. The standard InChI is InChI=1S/C18H16BrN3O/c1-22-7-8-23-18-10-13(5-6-17(18)22)16-11-15(20-21-16)12-3-2-4-14(19)9-12/h2-6,9-11H,7-8H2,1H3,(H,20,21). The highest BCUT2D eigenvalue weighted by Gasteiger charge is 2.16. The van der Waals surface area contributed by atoms with E-state index >= 15 is 0 Å². The Morgan fingerprint density at radius 3 is 2.91 bits per heavy atom. The molecule has 0 aliphatic carbocycles. The van der Waals surface area contributed by atoms with E-state index in [1.807, 2.05) is 12.1 Å². The lowest BCUT2D eigenvalue weighted by Gasteiger charge is -2.27. The van der Waals surface area contributed by atoms with Gasteiger partial charge in [0.2, 0.25) is 0 Å². The fourth-order valence-corrected chi connectivity index (χ4v) is 3.19. The van der Waals surface area contributed by atoms with Gasteiger partial charge in [-0.3, -0.25) is 5.10 Å². The number of hydrogen-bond donors (Lipinski definition) is 1. The van der Waals surface area contributed by atoms with Crippen LogP contribution in [-0.4, -0.2) is 30.4 Å². The van der Waals surface area contributed by atoms with Crippen molar-refractivity contribution in [3.05, 3.63) is 53.0 Å². The lowest BCUT2D eigenvalue weighted by molar-refractivity contribution is 0.311. The lowest BCUT2D eigenvalue weighted by atomic mass is 10.1. The van der Waals surface area contributed by atoms with E-state index in [1.54, 1.807) is 0 Å². The number of hydrogen-bond acceptors (Lipinski definition) is 3. The summed E-state index contributed by atoms with van der Waals surface area (Å²) < 4.78 is 6.83. The summed E-state index contributed by atoms with van der Waals surface area (Å²) >= 11 is 3.50. The summed E-state index contributed by atoms with van der Waals surface area (Å²) in [4.78, 5) is 2.21. The van der Waals surface area contributed by atoms with Crippen molar-refractivity contribution >= 4 is 21.6 Å². The molecule has 0 bridgehead atoms. The SMILES string of the molecule is CN1CCOc2cc(-c3cc(-c4cccc(Br)c4)[nH]n3)ccc21. The molecule has 5 heteroatoms. The molecule has 0 atom stereocenters. The van der Waals surface area contributed by atoms with Gasteiger partial charge in [0.1, 0.15) is 12.4 Å². The highest BCUT2D eigenvalue weighted by atomic mass is 79.9. The Labute approximate surface area is 143 Å². The van der Waals surface area contributed by atoms with Gasteiger partial charge in [-0.15, -0.1) is 0 Å². The number of likely N-dealkylation sites (N-methyl/N-ethyl adjacent to an activating group) is 1. The summed E-state index contributed by atoms with van der Waals surface area (Å²) in [6.45, 7) is 1.64. The summed E-state index contributed by atoms with van der Waals surface area (Å²) in [7, 11) is 2.08. The number of rotatable bonds is 2. The Hall–Kier alpha value is -2.27. The van der Waals surface area contributed by atoms with Gasteiger partial charge in [0.25, 0.3) is 0 Å². The summed E-state index contributed by atoms with van der Waals surface area (Å²) in [5, 5.41) is 7.57. The van der Waals surface area contributed by atoms with E-state index in [4.69, 9.17) is 4.74 Å². The first-order valence-electron chi connectivity index (χ1n) is 7.50. The number of anilines is 1. The fourth-order valence-electron chi connectivity index (χ4n) is 2.79. The molecule has 0 spiro atoms. The average molecular weight is 370 g/mol. The first-order valence-corrected chi connectivity index (χ1v) is 8.30. The molecule has 4 nitrogen and oxygen atoms in total. The second-order valence-corrected chi connectivity index (χ2v) is 6.55. The third kappa shape index (κ3) is 2.72. The maximum absolute atomic E-state index is 5.78. The molecule has 2 heterocycles. The number of nitrogens with one attached hydrogen (secondary N) is 1. The number of ether oxygens (including phenoxy) is 1. The lowest BCUT2D eigenvalue weighted by Crippen LogP contribution is -2.28. The van der Waals surface area contributed by atoms with E-state index in [1.165, 1.54) is 0 Å². The van der Waals surface area contributed by atoms with Crippen molar-refractivity contribution < 1.29 is 4.74 Å². The van der Waals surface area contributed by atoms with Gasteiger partial charge in [-0.1, -0.05) is 34.1 Å². The number of benzene rings is 2. The number of aromatic nitrogens is 2. The van der Waals surface area contributed by atoms with E-state index in [0.717, 1.165) is 51.6 Å². The molecule has 1 aliphatic rings. The molecule has 2 aromatic carbocycles. The fraction of sp³-hybridized carbons (Fsp3) is 0.167. The molecule has 0 unspecified atom stereocenters. The molecule has 0 amide bonds. The molecule has 3 aromatic rings. The number of halogens is 1. The van der Waals surface area contributed by atoms with Gasteiger partial charge in [0.05, 0.1) is 23.6 Å². The smallest absolute Gasteiger partial charge is 0.143 e. The predicted octanol–water partition coefficient (Wildman–Crippen LogP) is 4.33. The maximum atomic E-state index is 5.78. The predicted molar refractivity (Wildman–Crippen MR) is 95.9 cm³/mol. The Bertz CT molecular complexity index is 859. The first kappa shape index (κ1) is 14.3. The largest absolute Gasteiger partial charge is 0.490 e. The Balaban J connectivity index is 1.69. The summed E-state index contributed by atoms with van der Waals surface area (Å²) in [5.41, 5.74) is 5.20. The first-order chi connectivity index (χ1) is 11.2. The van der Waals surface area contributed by atoms with Crippen molar-refractivity contribution in [1.82, 2.24) is 10.2 Å². The molecule has 116 valence electrons. The second-order valence-electron chi connectivity index (χ2n) is 5.63. The monoisotopic (exact) mass is 369 g/mol. The van der Waals surface area contributed by atoms with Gasteiger partial charge < -0.3 is 9.64 Å². The highest BCUT2D eigenvalue weighted by Crippen LogP contribution is 2.35. The molecule has 0 saturated heterocycles. The van der Waals surface area contributed by atoms with Gasteiger partial charge in [0, 0.05) is 22.6 Å². The van der Waals surface area contributed by atoms with Gasteiger partial charge >= 0.3 is 0 Å². The average Bonchev–Trinajstić information content (AvgIpc) is 3.05. The molecule has 0 fully saturated rings. The molecule has 1 N–H and O–H groups in total. The van der Waals surface area contributed by atoms with Crippen LogP contribution < -0.4 is 9.64 Å². The normalized spacial score (nSPS) is 13.6. The van der Waals surface area contributed by atoms with E-state index in [0.29, 0.717) is 0 Å². The molecule has 1 aromatic heterocycles. The van der Waals surface area contributed by atoms with Crippen LogP contribution in [0.15, 0.2) is 53.0 Å². The van der Waals surface area contributed by atoms with Crippen molar-refractivity contribution in [2.24, 2.45) is 0 Å². The summed E-state index contributed by atoms with van der Waals surface area (Å²) in [6.07, 6.45) is 0. The van der Waals surface area contributed by atoms with Crippen molar-refractivity contribution in [3.8, 4) is 28.3 Å². The quantitative estimate of drug-likeness (QED) is 0.730. The van der Waals surface area contributed by atoms with Gasteiger partial charge in [-0.05, 0) is 30.3 Å². The minimum Gasteiger partial charge on any atom is -0.490 e. The van der Waals surface area contributed by atoms with E-state index in [-0.39, 0.29) is 0 Å². The number of H-pyrrole nitrogens is 1. The van der Waals surface area contributed by atoms with Gasteiger partial charge in [-0.2, -0.15) is 5.10 Å². The maximum Gasteiger partial charge on any atom is 0.143 e. The third-order valence-corrected chi connectivity index (χ3v) is 4.56. The van der Waals surface area contributed by atoms with Crippen LogP contribution in [0.1, 0.15) is 0 Å². The number of fused-ring (bicyclic) bond motifs is 1. The zero-order valence-electron chi connectivity index (χ0n) is 12.7. The zero-order valence-corrected chi connectivity index (χ0v) is 14.3. The van der Waals surface area contributed by atoms with Gasteiger partial charge in [0.15, 0.2) is 0 Å². The summed E-state index contributed by atoms with van der Waals surface area (Å²) in [5.74, 6) is 0.920. The van der Waals surface area contributed by atoms with Crippen LogP contribution in [0.3, 0.4) is 0 Å².